The summed E-state index contributed by atoms with van der Waals surface area (Å²) in [5.74, 6) is -0.561. The Morgan fingerprint density at radius 3 is 1.55 bits per heavy atom. The number of ether oxygens (including phenoxy) is 2. The lowest BCUT2D eigenvalue weighted by molar-refractivity contribution is -0.142. The topological polar surface area (TPSA) is 174 Å². The molecule has 0 aromatic heterocycles. The summed E-state index contributed by atoms with van der Waals surface area (Å²) < 4.78 is 13.6. The van der Waals surface area contributed by atoms with Gasteiger partial charge in [-0.15, -0.1) is 0 Å². The van der Waals surface area contributed by atoms with Gasteiger partial charge in [-0.2, -0.15) is 0 Å². The van der Waals surface area contributed by atoms with E-state index in [9.17, 15) is 19.2 Å². The van der Waals surface area contributed by atoms with E-state index < -0.39 is 30.2 Å². The second kappa shape index (κ2) is 22.1. The molecule has 0 radical (unpaired) electrons. The average Bonchev–Trinajstić information content (AvgIpc) is 3.94. The van der Waals surface area contributed by atoms with Crippen LogP contribution in [0.25, 0.3) is 0 Å². The van der Waals surface area contributed by atoms with E-state index in [2.05, 4.69) is 79.6 Å². The predicted molar refractivity (Wildman–Crippen MR) is 238 cm³/mol. The third-order valence-corrected chi connectivity index (χ3v) is 14.2. The second-order valence-electron chi connectivity index (χ2n) is 18.1. The molecule has 6 N–H and O–H groups in total. The molecular weight excluding hydrogens is 787 g/mol. The maximum atomic E-state index is 14.7. The molecule has 2 aromatic rings. The first-order chi connectivity index (χ1) is 30.1. The van der Waals surface area contributed by atoms with Gasteiger partial charge < -0.3 is 41.0 Å². The van der Waals surface area contributed by atoms with E-state index in [-0.39, 0.29) is 53.8 Å². The number of amides is 4. The van der Waals surface area contributed by atoms with Crippen LogP contribution in [-0.2, 0) is 41.5 Å². The summed E-state index contributed by atoms with van der Waals surface area (Å²) in [4.78, 5) is 64.9. The minimum absolute atomic E-state index is 0.0555. The van der Waals surface area contributed by atoms with Crippen LogP contribution < -0.4 is 27.0 Å². The molecule has 0 saturated carbocycles. The molecule has 15 nitrogen and oxygen atoms in total. The van der Waals surface area contributed by atoms with Crippen LogP contribution in [0.2, 0.25) is 0 Å². The molecule has 5 aliphatic heterocycles. The van der Waals surface area contributed by atoms with Gasteiger partial charge in [0.2, 0.25) is 17.7 Å². The van der Waals surface area contributed by atoms with E-state index in [4.69, 9.17) is 15.2 Å². The van der Waals surface area contributed by atoms with Crippen LogP contribution in [0.4, 0.5) is 0 Å². The number of rotatable bonds is 12. The van der Waals surface area contributed by atoms with Gasteiger partial charge in [0.05, 0.1) is 31.5 Å². The number of carbonyl (C=O) groups excluding carboxylic acids is 4. The number of piperidine rings is 2. The van der Waals surface area contributed by atoms with Gasteiger partial charge in [-0.1, -0.05) is 73.5 Å². The van der Waals surface area contributed by atoms with Crippen molar-refractivity contribution in [3.8, 4) is 0 Å². The minimum Gasteiger partial charge on any atom is -0.374 e. The summed E-state index contributed by atoms with van der Waals surface area (Å²) in [6.07, 6.45) is 4.21. The van der Waals surface area contributed by atoms with Gasteiger partial charge >= 0.3 is 0 Å². The zero-order chi connectivity index (χ0) is 43.6. The van der Waals surface area contributed by atoms with Crippen molar-refractivity contribution in [3.05, 3.63) is 71.8 Å². The van der Waals surface area contributed by atoms with Crippen LogP contribution in [-0.4, -0.2) is 171 Å². The lowest BCUT2D eigenvalue weighted by Gasteiger charge is -2.44. The van der Waals surface area contributed by atoms with E-state index in [0.29, 0.717) is 52.0 Å². The van der Waals surface area contributed by atoms with Gasteiger partial charge in [-0.05, 0) is 70.7 Å². The Morgan fingerprint density at radius 1 is 0.661 bits per heavy atom. The lowest BCUT2D eigenvalue weighted by atomic mass is 9.88. The fraction of sp³-hybridized carbons (Fsp3) is 0.660. The molecule has 8 bridgehead atoms. The lowest BCUT2D eigenvalue weighted by Crippen LogP contribution is -2.60. The van der Waals surface area contributed by atoms with Gasteiger partial charge in [-0.3, -0.25) is 34.3 Å². The van der Waals surface area contributed by atoms with Gasteiger partial charge in [0, 0.05) is 76.3 Å². The fourth-order valence-corrected chi connectivity index (χ4v) is 10.5. The first kappa shape index (κ1) is 46.0. The summed E-state index contributed by atoms with van der Waals surface area (Å²) in [6, 6.07) is 18.8. The molecule has 3 unspecified atom stereocenters. The molecular formula is C47H71N9O6. The first-order valence-corrected chi connectivity index (χ1v) is 23.2. The van der Waals surface area contributed by atoms with Crippen molar-refractivity contribution in [2.45, 2.75) is 107 Å². The van der Waals surface area contributed by atoms with Gasteiger partial charge in [0.1, 0.15) is 18.2 Å². The largest absolute Gasteiger partial charge is 0.374 e. The smallest absolute Gasteiger partial charge is 0.252 e. The second-order valence-corrected chi connectivity index (χ2v) is 18.1. The molecule has 4 amide bonds. The van der Waals surface area contributed by atoms with Crippen LogP contribution in [0, 0.1) is 11.8 Å². The van der Waals surface area contributed by atoms with Crippen molar-refractivity contribution < 1.29 is 28.7 Å². The SMILES string of the molecule is CN[C@@H](C)C(=O)N[C@H]1CCCC[C@H](NC(=O)[C@H](N)NC)C(=O)N2CCC3C(CN(CCc4ccccc4)C[C@H]32)OCCOC2CN(CCc3ccccc3)C[C@@H]3[C@H]2CCN3C1=O. The maximum absolute atomic E-state index is 14.7. The molecule has 5 saturated heterocycles. The van der Waals surface area contributed by atoms with Crippen LogP contribution in [0.15, 0.2) is 60.7 Å². The van der Waals surface area contributed by atoms with Crippen molar-refractivity contribution in [1.29, 1.82) is 0 Å². The Bertz CT molecular complexity index is 1650. The molecule has 5 fully saturated rings. The first-order valence-electron chi connectivity index (χ1n) is 23.2. The highest BCUT2D eigenvalue weighted by atomic mass is 16.5. The Hall–Kier alpha value is -3.96. The summed E-state index contributed by atoms with van der Waals surface area (Å²) >= 11 is 0. The standard InChI is InChI=1S/C47H71N9O6/c1-32(49-2)44(57)51-37-16-10-11-17-38(52-45(58)43(48)50-3)47(60)56-25-21-36-40(56)29-54(23-19-34-14-8-5-9-15-34)31-42(36)62-27-26-61-41-30-53(22-18-33-12-6-4-7-13-33)28-39-35(41)20-24-55(39)46(37)59/h4-9,12-15,32,35-43,49-50H,10-11,16-31,48H2,1-3H3,(H,51,57)(H,52,58)/t32-,35+,36?,37-,38-,39+,40+,41?,42?,43+/m0/s1. The molecule has 5 heterocycles. The van der Waals surface area contributed by atoms with E-state index >= 15 is 0 Å². The predicted octanol–water partition coefficient (Wildman–Crippen LogP) is 0.963. The highest BCUT2D eigenvalue weighted by molar-refractivity contribution is 5.90. The number of likely N-dealkylation sites (N-methyl/N-ethyl adjacent to an activating group) is 2. The number of hydrogen-bond acceptors (Lipinski definition) is 11. The van der Waals surface area contributed by atoms with Crippen LogP contribution in [0.1, 0.15) is 56.6 Å². The molecule has 62 heavy (non-hydrogen) atoms. The summed E-state index contributed by atoms with van der Waals surface area (Å²) in [5.41, 5.74) is 8.63. The number of benzene rings is 2. The summed E-state index contributed by atoms with van der Waals surface area (Å²) in [6.45, 7) is 8.52. The minimum atomic E-state index is -0.970. The van der Waals surface area contributed by atoms with E-state index in [1.807, 2.05) is 21.9 Å². The molecule has 340 valence electrons. The van der Waals surface area contributed by atoms with Gasteiger partial charge in [0.15, 0.2) is 0 Å². The fourth-order valence-electron chi connectivity index (χ4n) is 10.5. The molecule has 10 atom stereocenters. The Balaban J connectivity index is 1.15. The number of carbonyl (C=O) groups is 4. The highest BCUT2D eigenvalue weighted by Gasteiger charge is 2.49. The Morgan fingerprint density at radius 2 is 1.11 bits per heavy atom. The van der Waals surface area contributed by atoms with Crippen LogP contribution in [0.3, 0.4) is 0 Å². The molecule has 0 aliphatic carbocycles. The third kappa shape index (κ3) is 11.4. The van der Waals surface area contributed by atoms with E-state index in [1.54, 1.807) is 21.0 Å². The Labute approximate surface area is 368 Å². The van der Waals surface area contributed by atoms with Crippen molar-refractivity contribution >= 4 is 23.6 Å². The highest BCUT2D eigenvalue weighted by Crippen LogP contribution is 2.36. The number of likely N-dealkylation sites (tertiary alicyclic amines) is 2. The molecule has 15 heteroatoms. The average molecular weight is 858 g/mol. The van der Waals surface area contributed by atoms with Crippen molar-refractivity contribution in [1.82, 2.24) is 40.9 Å². The molecule has 2 aromatic carbocycles. The van der Waals surface area contributed by atoms with Crippen molar-refractivity contribution in [3.63, 3.8) is 0 Å². The van der Waals surface area contributed by atoms with E-state index in [1.165, 1.54) is 11.1 Å². The molecule has 5 aliphatic rings. The Kier molecular flexibility index (Phi) is 16.4. The third-order valence-electron chi connectivity index (χ3n) is 14.2. The summed E-state index contributed by atoms with van der Waals surface area (Å²) in [5, 5.41) is 11.9. The summed E-state index contributed by atoms with van der Waals surface area (Å²) in [7, 11) is 3.34. The monoisotopic (exact) mass is 858 g/mol. The number of hydrogen-bond donors (Lipinski definition) is 5. The normalized spacial score (nSPS) is 30.1. The maximum Gasteiger partial charge on any atom is 0.252 e. The number of nitrogens with one attached hydrogen (secondary N) is 4. The molecule has 0 spiro atoms. The van der Waals surface area contributed by atoms with Crippen molar-refractivity contribution in [2.24, 2.45) is 17.6 Å². The molecule has 7 rings (SSSR count). The zero-order valence-electron chi connectivity index (χ0n) is 37.1. The number of nitrogens with zero attached hydrogens (tertiary/aromatic N) is 4. The van der Waals surface area contributed by atoms with E-state index in [0.717, 1.165) is 65.0 Å². The van der Waals surface area contributed by atoms with Crippen LogP contribution >= 0.6 is 0 Å². The zero-order valence-corrected chi connectivity index (χ0v) is 37.1. The van der Waals surface area contributed by atoms with Gasteiger partial charge in [0.25, 0.3) is 5.91 Å². The van der Waals surface area contributed by atoms with Gasteiger partial charge in [-0.25, -0.2) is 0 Å². The quantitative estimate of drug-likeness (QED) is 0.193. The van der Waals surface area contributed by atoms with Crippen molar-refractivity contribution in [2.75, 3.05) is 79.7 Å². The number of nitrogens with two attached hydrogens (primary N) is 1. The van der Waals surface area contributed by atoms with Crippen LogP contribution in [0.5, 0.6) is 0 Å².